The summed E-state index contributed by atoms with van der Waals surface area (Å²) >= 11 is 0. The summed E-state index contributed by atoms with van der Waals surface area (Å²) in [4.78, 5) is 47.5. The molecule has 26 heavy (non-hydrogen) atoms. The quantitative estimate of drug-likeness (QED) is 0.612. The Morgan fingerprint density at radius 2 is 1.04 bits per heavy atom. The minimum atomic E-state index is -0.451. The van der Waals surface area contributed by atoms with Crippen LogP contribution >= 0.6 is 0 Å². The van der Waals surface area contributed by atoms with Crippen LogP contribution in [0.1, 0.15) is 66.4 Å². The third-order valence-corrected chi connectivity index (χ3v) is 4.20. The fourth-order valence-corrected chi connectivity index (χ4v) is 2.63. The van der Waals surface area contributed by atoms with E-state index in [1.165, 1.54) is 44.2 Å². The van der Waals surface area contributed by atoms with Crippen molar-refractivity contribution in [3.05, 3.63) is 69.8 Å². The highest BCUT2D eigenvalue weighted by molar-refractivity contribution is 6.23. The van der Waals surface area contributed by atoms with Gasteiger partial charge in [0.2, 0.25) is 0 Å². The molecule has 134 valence electrons. The first-order chi connectivity index (χ1) is 12.1. The van der Waals surface area contributed by atoms with Crippen molar-refractivity contribution in [1.82, 2.24) is 4.90 Å². The lowest BCUT2D eigenvalue weighted by atomic mass is 9.95. The van der Waals surface area contributed by atoms with E-state index in [9.17, 15) is 19.2 Å². The fraction of sp³-hybridized carbons (Fsp3) is 0.238. The van der Waals surface area contributed by atoms with Crippen molar-refractivity contribution in [2.45, 2.75) is 27.7 Å². The molecule has 0 spiro atoms. The van der Waals surface area contributed by atoms with Crippen molar-refractivity contribution < 1.29 is 19.2 Å². The van der Waals surface area contributed by atoms with E-state index in [0.717, 1.165) is 4.90 Å². The zero-order chi connectivity index (χ0) is 19.6. The molecule has 1 aliphatic heterocycles. The summed E-state index contributed by atoms with van der Waals surface area (Å²) in [6, 6.07) is 11.1. The molecule has 5 nitrogen and oxygen atoms in total. The first-order valence-electron chi connectivity index (χ1n) is 8.19. The molecule has 5 heteroatoms. The molecule has 0 saturated carbocycles. The van der Waals surface area contributed by atoms with Crippen LogP contribution in [0.4, 0.5) is 0 Å². The Bertz CT molecular complexity index is 836. The zero-order valence-corrected chi connectivity index (χ0v) is 15.5. The average Bonchev–Trinajstić information content (AvgIpc) is 2.81. The van der Waals surface area contributed by atoms with Crippen molar-refractivity contribution in [3.8, 4) is 0 Å². The number of fused-ring (bicyclic) bond motifs is 1. The monoisotopic (exact) mass is 351 g/mol. The molecule has 0 bridgehead atoms. The molecular weight excluding hydrogens is 330 g/mol. The summed E-state index contributed by atoms with van der Waals surface area (Å²) in [6.45, 7) is 6.83. The number of carbonyl (C=O) groups is 4. The van der Waals surface area contributed by atoms with Crippen molar-refractivity contribution in [2.75, 3.05) is 7.05 Å². The van der Waals surface area contributed by atoms with Crippen molar-refractivity contribution in [2.24, 2.45) is 0 Å². The van der Waals surface area contributed by atoms with E-state index < -0.39 is 11.8 Å². The van der Waals surface area contributed by atoms with E-state index in [2.05, 4.69) is 38.1 Å². The minimum absolute atomic E-state index is 0.178. The summed E-state index contributed by atoms with van der Waals surface area (Å²) in [5, 5.41) is 0. The molecule has 2 aromatic carbocycles. The number of imide groups is 1. The molecule has 0 aliphatic carbocycles. The molecule has 0 aromatic heterocycles. The molecular formula is C21H21NO4. The highest BCUT2D eigenvalue weighted by atomic mass is 16.2. The number of hydrogen-bond donors (Lipinski definition) is 0. The number of ketones is 2. The zero-order valence-electron chi connectivity index (χ0n) is 15.5. The van der Waals surface area contributed by atoms with Crippen molar-refractivity contribution >= 4 is 23.4 Å². The van der Waals surface area contributed by atoms with Gasteiger partial charge < -0.3 is 0 Å². The van der Waals surface area contributed by atoms with E-state index in [0.29, 0.717) is 0 Å². The highest BCUT2D eigenvalue weighted by Gasteiger charge is 2.34. The third-order valence-electron chi connectivity index (χ3n) is 4.20. The van der Waals surface area contributed by atoms with Crippen LogP contribution in [0.25, 0.3) is 0 Å². The van der Waals surface area contributed by atoms with E-state index in [4.69, 9.17) is 0 Å². The predicted octanol–water partition coefficient (Wildman–Crippen LogP) is 3.62. The van der Waals surface area contributed by atoms with Gasteiger partial charge in [-0.2, -0.15) is 0 Å². The number of amides is 2. The van der Waals surface area contributed by atoms with E-state index in [1.54, 1.807) is 0 Å². The summed E-state index contributed by atoms with van der Waals surface area (Å²) in [6.07, 6.45) is 0. The van der Waals surface area contributed by atoms with Gasteiger partial charge in [0, 0.05) is 18.2 Å². The second-order valence-electron chi connectivity index (χ2n) is 6.38. The smallest absolute Gasteiger partial charge is 0.261 e. The van der Waals surface area contributed by atoms with Crippen molar-refractivity contribution in [1.29, 1.82) is 0 Å². The Labute approximate surface area is 152 Å². The highest BCUT2D eigenvalue weighted by Crippen LogP contribution is 2.26. The van der Waals surface area contributed by atoms with Crippen LogP contribution in [-0.2, 0) is 0 Å². The van der Waals surface area contributed by atoms with Gasteiger partial charge in [-0.05, 0) is 39.8 Å². The minimum Gasteiger partial charge on any atom is -0.294 e. The van der Waals surface area contributed by atoms with Gasteiger partial charge in [0.15, 0.2) is 11.6 Å². The number of nitrogens with zero attached hydrogens (tertiary/aromatic N) is 1. The second kappa shape index (κ2) is 7.44. The first kappa shape index (κ1) is 19.2. The van der Waals surface area contributed by atoms with Gasteiger partial charge >= 0.3 is 0 Å². The Morgan fingerprint density at radius 3 is 1.31 bits per heavy atom. The first-order valence-corrected chi connectivity index (χ1v) is 8.19. The largest absolute Gasteiger partial charge is 0.294 e. The number of rotatable bonds is 2. The molecule has 1 aliphatic rings. The normalized spacial score (nSPS) is 12.4. The van der Waals surface area contributed by atoms with Gasteiger partial charge in [0.1, 0.15) is 0 Å². The van der Waals surface area contributed by atoms with Gasteiger partial charge in [-0.25, -0.2) is 0 Å². The third kappa shape index (κ3) is 3.77. The van der Waals surface area contributed by atoms with Crippen LogP contribution in [0, 0.1) is 13.8 Å². The van der Waals surface area contributed by atoms with Gasteiger partial charge in [0.05, 0.1) is 11.1 Å². The molecule has 1 heterocycles. The fourth-order valence-electron chi connectivity index (χ4n) is 2.63. The maximum atomic E-state index is 11.8. The molecule has 0 atom stereocenters. The Balaban J connectivity index is 0.000000254. The van der Waals surface area contributed by atoms with Crippen LogP contribution < -0.4 is 0 Å². The Hall–Kier alpha value is -3.08. The van der Waals surface area contributed by atoms with Crippen LogP contribution in [0.5, 0.6) is 0 Å². The second-order valence-corrected chi connectivity index (χ2v) is 6.38. The molecule has 3 rings (SSSR count). The van der Waals surface area contributed by atoms with Gasteiger partial charge in [-0.15, -0.1) is 0 Å². The molecule has 0 saturated heterocycles. The lowest BCUT2D eigenvalue weighted by Crippen LogP contribution is -2.24. The van der Waals surface area contributed by atoms with Crippen LogP contribution in [0.15, 0.2) is 36.4 Å². The summed E-state index contributed by atoms with van der Waals surface area (Å²) in [7, 11) is 1.37. The molecule has 0 radical (unpaired) electrons. The summed E-state index contributed by atoms with van der Waals surface area (Å²) in [5.41, 5.74) is 3.37. The molecule has 0 unspecified atom stereocenters. The number of Topliss-reactive ketones (excluding diaryl/α,β-unsaturated/α-hetero) is 2. The van der Waals surface area contributed by atoms with Crippen LogP contribution in [0.3, 0.4) is 0 Å². The molecule has 2 aromatic rings. The molecule has 0 N–H and O–H groups in total. The Kier molecular flexibility index (Phi) is 5.50. The average molecular weight is 351 g/mol. The van der Waals surface area contributed by atoms with Crippen LogP contribution in [0.2, 0.25) is 0 Å². The van der Waals surface area contributed by atoms with Gasteiger partial charge in [-0.1, -0.05) is 35.4 Å². The van der Waals surface area contributed by atoms with Crippen LogP contribution in [-0.4, -0.2) is 35.3 Å². The van der Waals surface area contributed by atoms with Gasteiger partial charge in [0.25, 0.3) is 11.8 Å². The Morgan fingerprint density at radius 1 is 0.731 bits per heavy atom. The number of benzene rings is 2. The van der Waals surface area contributed by atoms with E-state index in [-0.39, 0.29) is 33.8 Å². The number of aryl methyl sites for hydroxylation is 2. The maximum Gasteiger partial charge on any atom is 0.261 e. The lowest BCUT2D eigenvalue weighted by Gasteiger charge is -2.05. The summed E-state index contributed by atoms with van der Waals surface area (Å²) < 4.78 is 0. The lowest BCUT2D eigenvalue weighted by molar-refractivity contribution is 0.0692. The topological polar surface area (TPSA) is 71.5 Å². The van der Waals surface area contributed by atoms with Gasteiger partial charge in [-0.3, -0.25) is 24.1 Å². The standard InChI is InChI=1S/C13H11NO4.C8H10/c1-6(15)8-4-10-11(5-9(8)7(2)16)13(18)14(3)12(10)17;1-7-3-5-8(2)6-4-7/h4-5H,1-3H3;3-6H,1-2H3. The predicted molar refractivity (Wildman–Crippen MR) is 98.8 cm³/mol. The van der Waals surface area contributed by atoms with E-state index >= 15 is 0 Å². The van der Waals surface area contributed by atoms with Crippen molar-refractivity contribution in [3.63, 3.8) is 0 Å². The van der Waals surface area contributed by atoms with E-state index in [1.807, 2.05) is 0 Å². The number of hydrogen-bond acceptors (Lipinski definition) is 4. The molecule has 2 amide bonds. The maximum absolute atomic E-state index is 11.8. The summed E-state index contributed by atoms with van der Waals surface area (Å²) in [5.74, 6) is -1.52. The molecule has 0 fully saturated rings. The number of carbonyl (C=O) groups excluding carboxylic acids is 4. The SMILES string of the molecule is CC(=O)c1cc2c(cc1C(C)=O)C(=O)N(C)C2=O.Cc1ccc(C)cc1.